The van der Waals surface area contributed by atoms with Crippen molar-refractivity contribution in [2.75, 3.05) is 25.0 Å². The summed E-state index contributed by atoms with van der Waals surface area (Å²) in [6.45, 7) is 8.10. The van der Waals surface area contributed by atoms with Gasteiger partial charge in [0.05, 0.1) is 12.3 Å². The summed E-state index contributed by atoms with van der Waals surface area (Å²) in [5, 5.41) is 6.00. The summed E-state index contributed by atoms with van der Waals surface area (Å²) < 4.78 is 5.51. The molecule has 1 aromatic carbocycles. The van der Waals surface area contributed by atoms with Gasteiger partial charge in [0.25, 0.3) is 0 Å². The second-order valence-corrected chi connectivity index (χ2v) is 4.08. The number of aryl methyl sites for hydroxylation is 1. The second-order valence-electron chi connectivity index (χ2n) is 4.08. The van der Waals surface area contributed by atoms with Crippen LogP contribution >= 0.6 is 0 Å². The van der Waals surface area contributed by atoms with Gasteiger partial charge in [-0.05, 0) is 38.1 Å². The molecule has 0 fully saturated rings. The summed E-state index contributed by atoms with van der Waals surface area (Å²) in [5.41, 5.74) is 1.85. The van der Waals surface area contributed by atoms with Crippen molar-refractivity contribution in [3.05, 3.63) is 23.8 Å². The van der Waals surface area contributed by atoms with Gasteiger partial charge in [-0.15, -0.1) is 0 Å². The smallest absolute Gasteiger partial charge is 0.225 e. The number of ether oxygens (including phenoxy) is 1. The lowest BCUT2D eigenvalue weighted by atomic mass is 10.2. The number of rotatable bonds is 7. The Kier molecular flexibility index (Phi) is 6.22. The predicted molar refractivity (Wildman–Crippen MR) is 74.1 cm³/mol. The van der Waals surface area contributed by atoms with E-state index in [9.17, 15) is 4.79 Å². The SMILES string of the molecule is CCNCCC(=O)Nc1ccc(C)cc1OCC. The molecule has 2 N–H and O–H groups in total. The number of hydrogen-bond acceptors (Lipinski definition) is 3. The lowest BCUT2D eigenvalue weighted by Crippen LogP contribution is -2.21. The summed E-state index contributed by atoms with van der Waals surface area (Å²) in [6.07, 6.45) is 0.466. The van der Waals surface area contributed by atoms with Crippen molar-refractivity contribution in [3.8, 4) is 5.75 Å². The molecule has 0 saturated heterocycles. The van der Waals surface area contributed by atoms with Crippen LogP contribution in [0.25, 0.3) is 0 Å². The first-order valence-electron chi connectivity index (χ1n) is 6.41. The molecular weight excluding hydrogens is 228 g/mol. The minimum absolute atomic E-state index is 0.000700. The maximum absolute atomic E-state index is 11.7. The van der Waals surface area contributed by atoms with Gasteiger partial charge in [-0.1, -0.05) is 13.0 Å². The van der Waals surface area contributed by atoms with E-state index in [1.165, 1.54) is 0 Å². The highest BCUT2D eigenvalue weighted by atomic mass is 16.5. The monoisotopic (exact) mass is 250 g/mol. The first-order chi connectivity index (χ1) is 8.67. The van der Waals surface area contributed by atoms with Gasteiger partial charge < -0.3 is 15.4 Å². The number of hydrogen-bond donors (Lipinski definition) is 2. The Morgan fingerprint density at radius 3 is 2.78 bits per heavy atom. The molecule has 18 heavy (non-hydrogen) atoms. The fourth-order valence-corrected chi connectivity index (χ4v) is 1.60. The molecule has 0 aromatic heterocycles. The van der Waals surface area contributed by atoms with Crippen molar-refractivity contribution in [2.45, 2.75) is 27.2 Å². The van der Waals surface area contributed by atoms with Crippen LogP contribution in [-0.2, 0) is 4.79 Å². The van der Waals surface area contributed by atoms with Crippen LogP contribution in [0.4, 0.5) is 5.69 Å². The molecule has 4 nitrogen and oxygen atoms in total. The zero-order chi connectivity index (χ0) is 13.4. The normalized spacial score (nSPS) is 10.2. The van der Waals surface area contributed by atoms with E-state index in [0.717, 1.165) is 23.5 Å². The number of carbonyl (C=O) groups excluding carboxylic acids is 1. The molecule has 0 saturated carbocycles. The van der Waals surface area contributed by atoms with Crippen LogP contribution in [0.15, 0.2) is 18.2 Å². The summed E-state index contributed by atoms with van der Waals surface area (Å²) in [6, 6.07) is 5.78. The predicted octanol–water partition coefficient (Wildman–Crippen LogP) is 2.33. The molecule has 1 amide bonds. The Morgan fingerprint density at radius 1 is 1.33 bits per heavy atom. The van der Waals surface area contributed by atoms with Crippen molar-refractivity contribution in [3.63, 3.8) is 0 Å². The van der Waals surface area contributed by atoms with E-state index in [-0.39, 0.29) is 5.91 Å². The molecule has 0 spiro atoms. The van der Waals surface area contributed by atoms with Crippen LogP contribution in [0, 0.1) is 6.92 Å². The summed E-state index contributed by atoms with van der Waals surface area (Å²) >= 11 is 0. The molecule has 4 heteroatoms. The van der Waals surface area contributed by atoms with Crippen molar-refractivity contribution >= 4 is 11.6 Å². The van der Waals surface area contributed by atoms with E-state index in [1.807, 2.05) is 39.0 Å². The van der Waals surface area contributed by atoms with Gasteiger partial charge in [-0.2, -0.15) is 0 Å². The molecule has 0 aliphatic heterocycles. The van der Waals surface area contributed by atoms with E-state index in [1.54, 1.807) is 0 Å². The first-order valence-corrected chi connectivity index (χ1v) is 6.41. The van der Waals surface area contributed by atoms with Gasteiger partial charge in [0, 0.05) is 13.0 Å². The highest BCUT2D eigenvalue weighted by molar-refractivity contribution is 5.92. The third-order valence-electron chi connectivity index (χ3n) is 2.49. The Morgan fingerprint density at radius 2 is 2.11 bits per heavy atom. The number of anilines is 1. The molecule has 0 atom stereocenters. The summed E-state index contributed by atoms with van der Waals surface area (Å²) in [5.74, 6) is 0.732. The van der Waals surface area contributed by atoms with E-state index in [4.69, 9.17) is 4.74 Å². The zero-order valence-electron chi connectivity index (χ0n) is 11.4. The third-order valence-corrected chi connectivity index (χ3v) is 2.49. The van der Waals surface area contributed by atoms with E-state index < -0.39 is 0 Å². The van der Waals surface area contributed by atoms with E-state index in [0.29, 0.717) is 19.6 Å². The lowest BCUT2D eigenvalue weighted by molar-refractivity contribution is -0.116. The summed E-state index contributed by atoms with van der Waals surface area (Å²) in [7, 11) is 0. The van der Waals surface area contributed by atoms with Gasteiger partial charge in [0.2, 0.25) is 5.91 Å². The fraction of sp³-hybridized carbons (Fsp3) is 0.500. The van der Waals surface area contributed by atoms with Crippen LogP contribution in [0.2, 0.25) is 0 Å². The highest BCUT2D eigenvalue weighted by Crippen LogP contribution is 2.25. The van der Waals surface area contributed by atoms with Crippen LogP contribution in [0.3, 0.4) is 0 Å². The summed E-state index contributed by atoms with van der Waals surface area (Å²) in [4.78, 5) is 11.7. The quantitative estimate of drug-likeness (QED) is 0.730. The first kappa shape index (κ1) is 14.5. The van der Waals surface area contributed by atoms with Gasteiger partial charge in [-0.25, -0.2) is 0 Å². The van der Waals surface area contributed by atoms with E-state index in [2.05, 4.69) is 10.6 Å². The average Bonchev–Trinajstić information content (AvgIpc) is 2.33. The highest BCUT2D eigenvalue weighted by Gasteiger charge is 2.07. The Balaban J connectivity index is 2.62. The molecule has 0 heterocycles. The van der Waals surface area contributed by atoms with Crippen molar-refractivity contribution < 1.29 is 9.53 Å². The van der Waals surface area contributed by atoms with E-state index >= 15 is 0 Å². The second kappa shape index (κ2) is 7.71. The van der Waals surface area contributed by atoms with Gasteiger partial charge in [-0.3, -0.25) is 4.79 Å². The Bertz CT molecular complexity index is 391. The fourth-order valence-electron chi connectivity index (χ4n) is 1.60. The van der Waals surface area contributed by atoms with Crippen molar-refractivity contribution in [1.82, 2.24) is 5.32 Å². The van der Waals surface area contributed by atoms with Crippen molar-refractivity contribution in [1.29, 1.82) is 0 Å². The molecule has 1 aromatic rings. The van der Waals surface area contributed by atoms with Crippen molar-refractivity contribution in [2.24, 2.45) is 0 Å². The minimum Gasteiger partial charge on any atom is -0.492 e. The largest absolute Gasteiger partial charge is 0.492 e. The molecule has 0 radical (unpaired) electrons. The van der Waals surface area contributed by atoms with Crippen LogP contribution in [0.5, 0.6) is 5.75 Å². The molecule has 0 bridgehead atoms. The molecule has 100 valence electrons. The topological polar surface area (TPSA) is 50.4 Å². The number of nitrogens with one attached hydrogen (secondary N) is 2. The van der Waals surface area contributed by atoms with Gasteiger partial charge in [0.1, 0.15) is 5.75 Å². The van der Waals surface area contributed by atoms with Gasteiger partial charge in [0.15, 0.2) is 0 Å². The zero-order valence-corrected chi connectivity index (χ0v) is 11.4. The molecule has 0 aliphatic rings. The van der Waals surface area contributed by atoms with Gasteiger partial charge >= 0.3 is 0 Å². The molecule has 0 unspecified atom stereocenters. The average molecular weight is 250 g/mol. The number of amides is 1. The number of benzene rings is 1. The third kappa shape index (κ3) is 4.75. The Hall–Kier alpha value is -1.55. The van der Waals surface area contributed by atoms with Crippen LogP contribution < -0.4 is 15.4 Å². The molecule has 1 rings (SSSR count). The minimum atomic E-state index is 0.000700. The molecule has 0 aliphatic carbocycles. The standard InChI is InChI=1S/C14H22N2O2/c1-4-15-9-8-14(17)16-12-7-6-11(3)10-13(12)18-5-2/h6-7,10,15H,4-5,8-9H2,1-3H3,(H,16,17). The number of carbonyl (C=O) groups is 1. The van der Waals surface area contributed by atoms with Crippen LogP contribution in [-0.4, -0.2) is 25.6 Å². The molecular formula is C14H22N2O2. The maximum atomic E-state index is 11.7. The lowest BCUT2D eigenvalue weighted by Gasteiger charge is -2.12. The Labute approximate surface area is 109 Å². The van der Waals surface area contributed by atoms with Crippen LogP contribution in [0.1, 0.15) is 25.8 Å². The maximum Gasteiger partial charge on any atom is 0.225 e.